The second-order valence-electron chi connectivity index (χ2n) is 12.3. The Balaban J connectivity index is 1.77. The number of benzene rings is 2. The van der Waals surface area contributed by atoms with Crippen LogP contribution in [-0.2, 0) is 23.7 Å². The molecule has 5 nitrogen and oxygen atoms in total. The summed E-state index contributed by atoms with van der Waals surface area (Å²) >= 11 is 0. The summed E-state index contributed by atoms with van der Waals surface area (Å²) in [6.07, 6.45) is 3.67. The summed E-state index contributed by atoms with van der Waals surface area (Å²) in [5.74, 6) is 0.415. The molecule has 2 amide bonds. The third-order valence-electron chi connectivity index (χ3n) is 7.28. The molecule has 5 heteroatoms. The standard InChI is InChI=1S/C30H45N3O2/c1-29(2,3)24-19-21(20-25(27(24)34)30(4,5)6)13-14-22-11-9-10-12-26(22)31-28(35)33(8)23-15-17-32(7)18-16-23/h9-12,19-20,23,34H,13-18H2,1-8H3,(H,31,35). The summed E-state index contributed by atoms with van der Waals surface area (Å²) in [6, 6.07) is 12.6. The van der Waals surface area contributed by atoms with Gasteiger partial charge in [0.25, 0.3) is 0 Å². The Labute approximate surface area is 212 Å². The predicted molar refractivity (Wildman–Crippen MR) is 147 cm³/mol. The molecule has 0 aliphatic carbocycles. The lowest BCUT2D eigenvalue weighted by Gasteiger charge is -2.35. The van der Waals surface area contributed by atoms with Crippen LogP contribution >= 0.6 is 0 Å². The van der Waals surface area contributed by atoms with Gasteiger partial charge in [-0.2, -0.15) is 0 Å². The van der Waals surface area contributed by atoms with Crippen LogP contribution in [0.2, 0.25) is 0 Å². The monoisotopic (exact) mass is 479 g/mol. The number of likely N-dealkylation sites (tertiary alicyclic amines) is 1. The molecular formula is C30H45N3O2. The number of phenolic OH excluding ortho intramolecular Hbond substituents is 1. The second-order valence-corrected chi connectivity index (χ2v) is 12.3. The van der Waals surface area contributed by atoms with E-state index in [1.807, 2.05) is 30.1 Å². The van der Waals surface area contributed by atoms with Crippen LogP contribution in [0.25, 0.3) is 0 Å². The average Bonchev–Trinajstić information content (AvgIpc) is 2.77. The zero-order valence-corrected chi connectivity index (χ0v) is 23.0. The van der Waals surface area contributed by atoms with Crippen molar-refractivity contribution in [1.29, 1.82) is 0 Å². The molecule has 0 atom stereocenters. The van der Waals surface area contributed by atoms with Crippen molar-refractivity contribution in [2.75, 3.05) is 32.5 Å². The largest absolute Gasteiger partial charge is 0.507 e. The molecule has 3 rings (SSSR count). The fourth-order valence-corrected chi connectivity index (χ4v) is 4.87. The zero-order valence-electron chi connectivity index (χ0n) is 23.0. The lowest BCUT2D eigenvalue weighted by atomic mass is 9.78. The second kappa shape index (κ2) is 10.6. The maximum atomic E-state index is 13.0. The molecule has 1 aliphatic heterocycles. The molecule has 0 radical (unpaired) electrons. The van der Waals surface area contributed by atoms with E-state index in [4.69, 9.17) is 0 Å². The van der Waals surface area contributed by atoms with Crippen molar-refractivity contribution < 1.29 is 9.90 Å². The van der Waals surface area contributed by atoms with E-state index in [-0.39, 0.29) is 22.9 Å². The van der Waals surface area contributed by atoms with Gasteiger partial charge in [0, 0.05) is 18.8 Å². The number of para-hydroxylation sites is 1. The van der Waals surface area contributed by atoms with E-state index in [2.05, 4.69) is 77.0 Å². The highest BCUT2D eigenvalue weighted by Crippen LogP contribution is 2.40. The van der Waals surface area contributed by atoms with Gasteiger partial charge in [-0.3, -0.25) is 0 Å². The van der Waals surface area contributed by atoms with Crippen LogP contribution in [0.3, 0.4) is 0 Å². The van der Waals surface area contributed by atoms with E-state index in [1.54, 1.807) is 0 Å². The van der Waals surface area contributed by atoms with Crippen molar-refractivity contribution >= 4 is 11.7 Å². The van der Waals surface area contributed by atoms with Gasteiger partial charge in [-0.25, -0.2) is 4.79 Å². The number of phenols is 1. The SMILES string of the molecule is CN1CCC(N(C)C(=O)Nc2ccccc2CCc2cc(C(C)(C)C)c(O)c(C(C)(C)C)c2)CC1. The van der Waals surface area contributed by atoms with Crippen LogP contribution < -0.4 is 5.32 Å². The minimum atomic E-state index is -0.148. The average molecular weight is 480 g/mol. The number of carbonyl (C=O) groups excluding carboxylic acids is 1. The summed E-state index contributed by atoms with van der Waals surface area (Å²) in [7, 11) is 4.04. The van der Waals surface area contributed by atoms with Crippen LogP contribution in [0.15, 0.2) is 36.4 Å². The van der Waals surface area contributed by atoms with E-state index >= 15 is 0 Å². The first-order chi connectivity index (χ1) is 16.3. The van der Waals surface area contributed by atoms with Gasteiger partial charge in [0.15, 0.2) is 0 Å². The van der Waals surface area contributed by atoms with Crippen molar-refractivity contribution in [1.82, 2.24) is 9.80 Å². The maximum absolute atomic E-state index is 13.0. The van der Waals surface area contributed by atoms with Crippen LogP contribution in [-0.4, -0.2) is 54.2 Å². The highest BCUT2D eigenvalue weighted by Gasteiger charge is 2.27. The van der Waals surface area contributed by atoms with Gasteiger partial charge in [0.1, 0.15) is 5.75 Å². The minimum Gasteiger partial charge on any atom is -0.507 e. The Morgan fingerprint density at radius 2 is 1.54 bits per heavy atom. The van der Waals surface area contributed by atoms with Crippen molar-refractivity contribution in [3.05, 3.63) is 58.7 Å². The molecule has 2 aromatic rings. The normalized spacial score (nSPS) is 15.8. The molecule has 1 fully saturated rings. The Hall–Kier alpha value is -2.53. The Bertz CT molecular complexity index is 990. The number of hydrogen-bond acceptors (Lipinski definition) is 3. The number of aryl methyl sites for hydroxylation is 2. The van der Waals surface area contributed by atoms with E-state index in [9.17, 15) is 9.90 Å². The summed E-state index contributed by atoms with van der Waals surface area (Å²) in [6.45, 7) is 14.9. The molecule has 2 N–H and O–H groups in total. The Morgan fingerprint density at radius 1 is 1.00 bits per heavy atom. The number of nitrogens with one attached hydrogen (secondary N) is 1. The Kier molecular flexibility index (Phi) is 8.21. The summed E-state index contributed by atoms with van der Waals surface area (Å²) in [5.41, 5.74) is 4.89. The molecule has 0 aromatic heterocycles. The molecule has 0 saturated carbocycles. The summed E-state index contributed by atoms with van der Waals surface area (Å²) in [4.78, 5) is 17.2. The van der Waals surface area contributed by atoms with Gasteiger partial charge < -0.3 is 20.2 Å². The molecule has 192 valence electrons. The van der Waals surface area contributed by atoms with Gasteiger partial charge in [-0.15, -0.1) is 0 Å². The first kappa shape index (κ1) is 27.1. The first-order valence-electron chi connectivity index (χ1n) is 12.9. The highest BCUT2D eigenvalue weighted by atomic mass is 16.3. The maximum Gasteiger partial charge on any atom is 0.321 e. The van der Waals surface area contributed by atoms with E-state index in [0.29, 0.717) is 5.75 Å². The quantitative estimate of drug-likeness (QED) is 0.527. The number of urea groups is 1. The Morgan fingerprint density at radius 3 is 2.09 bits per heavy atom. The number of rotatable bonds is 5. The van der Waals surface area contributed by atoms with Crippen LogP contribution in [0, 0.1) is 0 Å². The van der Waals surface area contributed by atoms with E-state index in [1.165, 1.54) is 5.56 Å². The van der Waals surface area contributed by atoms with Crippen LogP contribution in [0.1, 0.15) is 76.6 Å². The van der Waals surface area contributed by atoms with E-state index in [0.717, 1.165) is 61.2 Å². The molecule has 0 unspecified atom stereocenters. The summed E-state index contributed by atoms with van der Waals surface area (Å²) < 4.78 is 0. The molecule has 0 bridgehead atoms. The van der Waals surface area contributed by atoms with Crippen molar-refractivity contribution in [2.45, 2.75) is 84.1 Å². The fraction of sp³-hybridized carbons (Fsp3) is 0.567. The fourth-order valence-electron chi connectivity index (χ4n) is 4.87. The van der Waals surface area contributed by atoms with Gasteiger partial charge in [0.2, 0.25) is 0 Å². The number of hydrogen-bond donors (Lipinski definition) is 2. The highest BCUT2D eigenvalue weighted by molar-refractivity contribution is 5.90. The van der Waals surface area contributed by atoms with Crippen molar-refractivity contribution in [3.63, 3.8) is 0 Å². The number of aromatic hydroxyl groups is 1. The molecule has 1 saturated heterocycles. The number of carbonyl (C=O) groups is 1. The van der Waals surface area contributed by atoms with Gasteiger partial charge >= 0.3 is 6.03 Å². The smallest absolute Gasteiger partial charge is 0.321 e. The number of piperidine rings is 1. The van der Waals surface area contributed by atoms with Gasteiger partial charge in [0.05, 0.1) is 0 Å². The number of amides is 2. The predicted octanol–water partition coefficient (Wildman–Crippen LogP) is 6.33. The molecule has 0 spiro atoms. The number of nitrogens with zero attached hydrogens (tertiary/aromatic N) is 2. The topological polar surface area (TPSA) is 55.8 Å². The van der Waals surface area contributed by atoms with Crippen molar-refractivity contribution in [3.8, 4) is 5.75 Å². The summed E-state index contributed by atoms with van der Waals surface area (Å²) in [5, 5.41) is 14.2. The zero-order chi connectivity index (χ0) is 26.0. The molecule has 1 aliphatic rings. The van der Waals surface area contributed by atoms with Crippen LogP contribution in [0.4, 0.5) is 10.5 Å². The molecular weight excluding hydrogens is 434 g/mol. The minimum absolute atomic E-state index is 0.0401. The van der Waals surface area contributed by atoms with Crippen molar-refractivity contribution in [2.24, 2.45) is 0 Å². The first-order valence-corrected chi connectivity index (χ1v) is 12.9. The lowest BCUT2D eigenvalue weighted by Crippen LogP contribution is -2.46. The lowest BCUT2D eigenvalue weighted by molar-refractivity contribution is 0.156. The van der Waals surface area contributed by atoms with Gasteiger partial charge in [-0.1, -0.05) is 71.9 Å². The molecule has 1 heterocycles. The third kappa shape index (κ3) is 6.78. The molecule has 2 aromatic carbocycles. The number of anilines is 1. The van der Waals surface area contributed by atoms with Gasteiger partial charge in [-0.05, 0) is 85.0 Å². The third-order valence-corrected chi connectivity index (χ3v) is 7.28. The van der Waals surface area contributed by atoms with E-state index < -0.39 is 0 Å². The van der Waals surface area contributed by atoms with Crippen LogP contribution in [0.5, 0.6) is 5.75 Å². The molecule has 35 heavy (non-hydrogen) atoms.